The number of aryl methyl sites for hydroxylation is 1. The van der Waals surface area contributed by atoms with E-state index in [1.54, 1.807) is 4.90 Å². The average Bonchev–Trinajstić information content (AvgIpc) is 3.37. The van der Waals surface area contributed by atoms with Gasteiger partial charge in [-0.1, -0.05) is 36.4 Å². The van der Waals surface area contributed by atoms with Crippen molar-refractivity contribution in [3.63, 3.8) is 0 Å². The van der Waals surface area contributed by atoms with Crippen molar-refractivity contribution >= 4 is 22.8 Å². The highest BCUT2D eigenvalue weighted by Crippen LogP contribution is 2.32. The summed E-state index contributed by atoms with van der Waals surface area (Å²) in [6, 6.07) is 16.2. The van der Waals surface area contributed by atoms with Crippen molar-refractivity contribution in [2.24, 2.45) is 11.7 Å². The monoisotopic (exact) mass is 433 g/mol. The van der Waals surface area contributed by atoms with Crippen LogP contribution in [0.1, 0.15) is 35.7 Å². The van der Waals surface area contributed by atoms with Gasteiger partial charge in [0.2, 0.25) is 11.8 Å². The van der Waals surface area contributed by atoms with E-state index in [1.165, 1.54) is 0 Å². The molecule has 7 heteroatoms. The Morgan fingerprint density at radius 2 is 1.91 bits per heavy atom. The molecule has 2 atom stereocenters. The van der Waals surface area contributed by atoms with Crippen molar-refractivity contribution in [3.8, 4) is 0 Å². The SMILES string of the molecule is CN1C[C@H](C(N)=O)[C@@H](c2ccc(CN(C)C(=O)CCCc3nc4ccccc4[nH]3)cc2)C1. The summed E-state index contributed by atoms with van der Waals surface area (Å²) in [5.74, 6) is 0.780. The van der Waals surface area contributed by atoms with Crippen LogP contribution in [0.2, 0.25) is 0 Å². The third-order valence-electron chi connectivity index (χ3n) is 6.36. The number of likely N-dealkylation sites (tertiary alicyclic amines) is 1. The number of fused-ring (bicyclic) bond motifs is 1. The molecule has 2 heterocycles. The van der Waals surface area contributed by atoms with Crippen LogP contribution in [-0.4, -0.2) is 58.8 Å². The van der Waals surface area contributed by atoms with Gasteiger partial charge >= 0.3 is 0 Å². The molecule has 3 N–H and O–H groups in total. The number of nitrogens with one attached hydrogen (secondary N) is 1. The van der Waals surface area contributed by atoms with E-state index < -0.39 is 0 Å². The summed E-state index contributed by atoms with van der Waals surface area (Å²) < 4.78 is 0. The van der Waals surface area contributed by atoms with Gasteiger partial charge in [0.05, 0.1) is 17.0 Å². The highest BCUT2D eigenvalue weighted by atomic mass is 16.2. The predicted molar refractivity (Wildman–Crippen MR) is 125 cm³/mol. The second-order valence-corrected chi connectivity index (χ2v) is 8.88. The molecule has 0 saturated carbocycles. The number of amides is 2. The van der Waals surface area contributed by atoms with Gasteiger partial charge in [-0.15, -0.1) is 0 Å². The molecule has 7 nitrogen and oxygen atoms in total. The number of aromatic amines is 1. The molecule has 0 unspecified atom stereocenters. The topological polar surface area (TPSA) is 95.3 Å². The molecule has 1 aromatic heterocycles. The van der Waals surface area contributed by atoms with E-state index in [0.29, 0.717) is 19.5 Å². The summed E-state index contributed by atoms with van der Waals surface area (Å²) in [4.78, 5) is 36.2. The molecule has 1 aliphatic rings. The maximum atomic E-state index is 12.6. The first-order valence-corrected chi connectivity index (χ1v) is 11.1. The van der Waals surface area contributed by atoms with E-state index in [1.807, 2.05) is 50.5 Å². The summed E-state index contributed by atoms with van der Waals surface area (Å²) in [7, 11) is 3.85. The number of likely N-dealkylation sites (N-methyl/N-ethyl adjacent to an activating group) is 1. The van der Waals surface area contributed by atoms with E-state index in [9.17, 15) is 9.59 Å². The molecule has 0 bridgehead atoms. The van der Waals surface area contributed by atoms with Crippen molar-refractivity contribution in [2.45, 2.75) is 31.7 Å². The zero-order valence-electron chi connectivity index (χ0n) is 18.8. The van der Waals surface area contributed by atoms with Crippen molar-refractivity contribution < 1.29 is 9.59 Å². The van der Waals surface area contributed by atoms with Crippen LogP contribution in [0.25, 0.3) is 11.0 Å². The standard InChI is InChI=1S/C25H31N5O2/c1-29-15-19(20(16-29)25(26)32)18-12-10-17(11-13-18)14-30(2)24(31)9-5-8-23-27-21-6-3-4-7-22(21)28-23/h3-4,6-7,10-13,19-20H,5,8-9,14-16H2,1-2H3,(H2,26,32)(H,27,28)/t19-,20+/m1/s1. The van der Waals surface area contributed by atoms with Crippen LogP contribution in [0, 0.1) is 5.92 Å². The van der Waals surface area contributed by atoms with Gasteiger partial charge in [0.25, 0.3) is 0 Å². The second kappa shape index (κ2) is 9.53. The lowest BCUT2D eigenvalue weighted by molar-refractivity contribution is -0.130. The Morgan fingerprint density at radius 1 is 1.16 bits per heavy atom. The summed E-state index contributed by atoms with van der Waals surface area (Å²) in [5.41, 5.74) is 9.78. The van der Waals surface area contributed by atoms with E-state index in [4.69, 9.17) is 5.73 Å². The van der Waals surface area contributed by atoms with Gasteiger partial charge < -0.3 is 20.5 Å². The van der Waals surface area contributed by atoms with Gasteiger partial charge in [0.15, 0.2) is 0 Å². The fraction of sp³-hybridized carbons (Fsp3) is 0.400. The van der Waals surface area contributed by atoms with Gasteiger partial charge in [-0.2, -0.15) is 0 Å². The Hall–Kier alpha value is -3.19. The minimum atomic E-state index is -0.239. The molecular formula is C25H31N5O2. The van der Waals surface area contributed by atoms with Gasteiger partial charge in [0.1, 0.15) is 5.82 Å². The molecule has 32 heavy (non-hydrogen) atoms. The average molecular weight is 434 g/mol. The molecule has 1 aliphatic heterocycles. The third kappa shape index (κ3) is 4.99. The number of carbonyl (C=O) groups is 2. The van der Waals surface area contributed by atoms with Crippen LogP contribution in [0.4, 0.5) is 0 Å². The number of H-pyrrole nitrogens is 1. The molecule has 2 amide bonds. The molecule has 0 radical (unpaired) electrons. The molecule has 0 aliphatic carbocycles. The van der Waals surface area contributed by atoms with Crippen LogP contribution in [-0.2, 0) is 22.6 Å². The van der Waals surface area contributed by atoms with E-state index in [2.05, 4.69) is 27.0 Å². The van der Waals surface area contributed by atoms with Gasteiger partial charge in [0, 0.05) is 45.4 Å². The highest BCUT2D eigenvalue weighted by molar-refractivity contribution is 5.78. The molecular weight excluding hydrogens is 402 g/mol. The Morgan fingerprint density at radius 3 is 2.62 bits per heavy atom. The van der Waals surface area contributed by atoms with E-state index >= 15 is 0 Å². The van der Waals surface area contributed by atoms with Crippen molar-refractivity contribution in [1.29, 1.82) is 0 Å². The normalized spacial score (nSPS) is 18.8. The first kappa shape index (κ1) is 22.0. The first-order valence-electron chi connectivity index (χ1n) is 11.1. The Kier molecular flexibility index (Phi) is 6.55. The Labute approximate surface area is 188 Å². The number of rotatable bonds is 8. The number of hydrogen-bond acceptors (Lipinski definition) is 4. The lowest BCUT2D eigenvalue weighted by Gasteiger charge is -2.19. The van der Waals surface area contributed by atoms with Gasteiger partial charge in [-0.25, -0.2) is 4.98 Å². The fourth-order valence-corrected chi connectivity index (χ4v) is 4.58. The summed E-state index contributed by atoms with van der Waals surface area (Å²) in [6.07, 6.45) is 1.99. The number of hydrogen-bond donors (Lipinski definition) is 2. The predicted octanol–water partition coefficient (Wildman–Crippen LogP) is 2.67. The lowest BCUT2D eigenvalue weighted by atomic mass is 9.88. The zero-order valence-corrected chi connectivity index (χ0v) is 18.8. The summed E-state index contributed by atoms with van der Waals surface area (Å²) in [5, 5.41) is 0. The van der Waals surface area contributed by atoms with Crippen molar-refractivity contribution in [1.82, 2.24) is 19.8 Å². The molecule has 168 valence electrons. The lowest BCUT2D eigenvalue weighted by Crippen LogP contribution is -2.28. The molecule has 1 saturated heterocycles. The molecule has 0 spiro atoms. The van der Waals surface area contributed by atoms with Crippen LogP contribution < -0.4 is 5.73 Å². The number of nitrogens with two attached hydrogens (primary N) is 1. The number of aromatic nitrogens is 2. The molecule has 1 fully saturated rings. The van der Waals surface area contributed by atoms with E-state index in [0.717, 1.165) is 47.4 Å². The number of carbonyl (C=O) groups excluding carboxylic acids is 2. The zero-order chi connectivity index (χ0) is 22.7. The number of benzene rings is 2. The van der Waals surface area contributed by atoms with Crippen molar-refractivity contribution in [3.05, 3.63) is 65.5 Å². The van der Waals surface area contributed by atoms with Crippen LogP contribution >= 0.6 is 0 Å². The first-order chi connectivity index (χ1) is 15.4. The number of primary amides is 1. The fourth-order valence-electron chi connectivity index (χ4n) is 4.58. The van der Waals surface area contributed by atoms with Crippen molar-refractivity contribution in [2.75, 3.05) is 27.2 Å². The number of para-hydroxylation sites is 2. The largest absolute Gasteiger partial charge is 0.369 e. The minimum Gasteiger partial charge on any atom is -0.369 e. The Bertz CT molecular complexity index is 1060. The highest BCUT2D eigenvalue weighted by Gasteiger charge is 2.35. The smallest absolute Gasteiger partial charge is 0.222 e. The summed E-state index contributed by atoms with van der Waals surface area (Å²) in [6.45, 7) is 2.09. The number of imidazole rings is 1. The maximum absolute atomic E-state index is 12.6. The minimum absolute atomic E-state index is 0.122. The second-order valence-electron chi connectivity index (χ2n) is 8.88. The summed E-state index contributed by atoms with van der Waals surface area (Å²) >= 11 is 0. The maximum Gasteiger partial charge on any atom is 0.222 e. The van der Waals surface area contributed by atoms with Gasteiger partial charge in [-0.3, -0.25) is 9.59 Å². The van der Waals surface area contributed by atoms with Crippen LogP contribution in [0.5, 0.6) is 0 Å². The van der Waals surface area contributed by atoms with Crippen LogP contribution in [0.15, 0.2) is 48.5 Å². The van der Waals surface area contributed by atoms with E-state index in [-0.39, 0.29) is 23.7 Å². The number of nitrogens with zero attached hydrogens (tertiary/aromatic N) is 3. The molecule has 2 aromatic carbocycles. The van der Waals surface area contributed by atoms with Crippen LogP contribution in [0.3, 0.4) is 0 Å². The third-order valence-corrected chi connectivity index (χ3v) is 6.36. The molecule has 3 aromatic rings. The van der Waals surface area contributed by atoms with Gasteiger partial charge in [-0.05, 0) is 36.7 Å². The molecule has 4 rings (SSSR count). The quantitative estimate of drug-likeness (QED) is 0.571. The Balaban J connectivity index is 1.28.